The molecule has 0 bridgehead atoms. The Morgan fingerprint density at radius 2 is 1.68 bits per heavy atom. The molecule has 2 heterocycles. The van der Waals surface area contributed by atoms with Crippen molar-refractivity contribution in [3.63, 3.8) is 0 Å². The minimum absolute atomic E-state index is 0.302. The van der Waals surface area contributed by atoms with Crippen LogP contribution in [0.15, 0.2) is 9.59 Å². The Hall–Kier alpha value is -2.05. The van der Waals surface area contributed by atoms with Crippen LogP contribution < -0.4 is 17.1 Å². The number of aromatic nitrogens is 4. The van der Waals surface area contributed by atoms with Crippen LogP contribution >= 0.6 is 0 Å². The molecule has 2 aromatic rings. The first kappa shape index (κ1) is 13.4. The van der Waals surface area contributed by atoms with Crippen LogP contribution in [0.5, 0.6) is 0 Å². The Morgan fingerprint density at radius 3 is 2.26 bits per heavy atom. The third-order valence-electron chi connectivity index (χ3n) is 3.13. The highest BCUT2D eigenvalue weighted by Gasteiger charge is 2.18. The van der Waals surface area contributed by atoms with E-state index in [0.717, 1.165) is 17.6 Å². The predicted octanol–water partition coefficient (Wildman–Crippen LogP) is 0.202. The number of fused-ring (bicyclic) bond motifs is 1. The monoisotopic (exact) mass is 265 g/mol. The molecule has 0 unspecified atom stereocenters. The van der Waals surface area contributed by atoms with Crippen molar-refractivity contribution in [2.75, 3.05) is 5.84 Å². The largest absolute Gasteiger partial charge is 0.332 e. The Labute approximate surface area is 110 Å². The molecule has 0 saturated heterocycles. The quantitative estimate of drug-likeness (QED) is 0.800. The lowest BCUT2D eigenvalue weighted by atomic mass is 10.3. The van der Waals surface area contributed by atoms with E-state index >= 15 is 0 Å². The zero-order chi connectivity index (χ0) is 14.2. The van der Waals surface area contributed by atoms with E-state index in [-0.39, 0.29) is 11.2 Å². The Bertz CT molecular complexity index is 722. The summed E-state index contributed by atoms with van der Waals surface area (Å²) in [5, 5.41) is 4.49. The van der Waals surface area contributed by atoms with Crippen molar-refractivity contribution in [2.45, 2.75) is 46.7 Å². The smallest absolute Gasteiger partial charge is 0.321 e. The summed E-state index contributed by atoms with van der Waals surface area (Å²) < 4.78 is 2.80. The van der Waals surface area contributed by atoms with Gasteiger partial charge in [-0.05, 0) is 19.8 Å². The molecule has 2 aromatic heterocycles. The highest BCUT2D eigenvalue weighted by Crippen LogP contribution is 2.11. The highest BCUT2D eigenvalue weighted by atomic mass is 16.2. The topological polar surface area (TPSA) is 87.8 Å². The summed E-state index contributed by atoms with van der Waals surface area (Å²) in [7, 11) is 0. The van der Waals surface area contributed by atoms with Crippen LogP contribution in [-0.2, 0) is 13.1 Å². The molecular weight excluding hydrogens is 246 g/mol. The van der Waals surface area contributed by atoms with Crippen LogP contribution in [0.25, 0.3) is 11.0 Å². The van der Waals surface area contributed by atoms with Crippen LogP contribution in [0, 0.1) is 6.92 Å². The van der Waals surface area contributed by atoms with Gasteiger partial charge in [-0.2, -0.15) is 9.89 Å². The SMILES string of the molecule is CCCn1c(=O)c2c(C)nn(N)c2n(CCC)c1=O. The van der Waals surface area contributed by atoms with Crippen LogP contribution in [0.1, 0.15) is 32.4 Å². The van der Waals surface area contributed by atoms with Crippen molar-refractivity contribution in [1.29, 1.82) is 0 Å². The molecule has 0 aliphatic heterocycles. The maximum atomic E-state index is 12.4. The van der Waals surface area contributed by atoms with Gasteiger partial charge >= 0.3 is 5.69 Å². The molecular formula is C12H19N5O2. The molecule has 0 amide bonds. The van der Waals surface area contributed by atoms with Crippen LogP contribution in [0.3, 0.4) is 0 Å². The van der Waals surface area contributed by atoms with Gasteiger partial charge in [-0.25, -0.2) is 4.79 Å². The lowest BCUT2D eigenvalue weighted by molar-refractivity contribution is 0.551. The first-order valence-corrected chi connectivity index (χ1v) is 6.50. The van der Waals surface area contributed by atoms with Gasteiger partial charge in [0.1, 0.15) is 5.39 Å². The molecule has 0 fully saturated rings. The van der Waals surface area contributed by atoms with Crippen LogP contribution in [-0.4, -0.2) is 19.0 Å². The van der Waals surface area contributed by atoms with Gasteiger partial charge in [0.15, 0.2) is 5.65 Å². The second kappa shape index (κ2) is 4.91. The van der Waals surface area contributed by atoms with Crippen LogP contribution in [0.2, 0.25) is 0 Å². The molecule has 2 rings (SSSR count). The summed E-state index contributed by atoms with van der Waals surface area (Å²) in [6.07, 6.45) is 1.51. The summed E-state index contributed by atoms with van der Waals surface area (Å²) >= 11 is 0. The minimum atomic E-state index is -0.312. The van der Waals surface area contributed by atoms with Gasteiger partial charge in [0.2, 0.25) is 0 Å². The standard InChI is InChI=1S/C12H19N5O2/c1-4-6-15-10-9(8(3)14-17(10)13)11(18)16(7-5-2)12(15)19/h4-7,13H2,1-3H3. The molecule has 7 heteroatoms. The zero-order valence-electron chi connectivity index (χ0n) is 11.5. The lowest BCUT2D eigenvalue weighted by Crippen LogP contribution is -2.40. The maximum Gasteiger partial charge on any atom is 0.332 e. The number of nitrogens with zero attached hydrogens (tertiary/aromatic N) is 4. The normalized spacial score (nSPS) is 11.3. The Balaban J connectivity index is 2.97. The van der Waals surface area contributed by atoms with Crippen molar-refractivity contribution >= 4 is 11.0 Å². The number of hydrogen-bond acceptors (Lipinski definition) is 4. The van der Waals surface area contributed by atoms with Gasteiger partial charge in [0, 0.05) is 13.1 Å². The van der Waals surface area contributed by atoms with Crippen molar-refractivity contribution in [2.24, 2.45) is 0 Å². The van der Waals surface area contributed by atoms with E-state index in [1.54, 1.807) is 6.92 Å². The second-order valence-electron chi connectivity index (χ2n) is 4.62. The van der Waals surface area contributed by atoms with Crippen LogP contribution in [0.4, 0.5) is 0 Å². The number of rotatable bonds is 4. The zero-order valence-corrected chi connectivity index (χ0v) is 11.5. The van der Waals surface area contributed by atoms with Crippen molar-refractivity contribution in [1.82, 2.24) is 19.0 Å². The lowest BCUT2D eigenvalue weighted by Gasteiger charge is -2.11. The minimum Gasteiger partial charge on any atom is -0.321 e. The first-order valence-electron chi connectivity index (χ1n) is 6.50. The van der Waals surface area contributed by atoms with Gasteiger partial charge in [0.25, 0.3) is 5.56 Å². The molecule has 0 aromatic carbocycles. The van der Waals surface area contributed by atoms with E-state index < -0.39 is 0 Å². The number of aryl methyl sites for hydroxylation is 2. The first-order chi connectivity index (χ1) is 9.02. The average Bonchev–Trinajstić information content (AvgIpc) is 2.65. The third-order valence-corrected chi connectivity index (χ3v) is 3.13. The van der Waals surface area contributed by atoms with E-state index in [9.17, 15) is 9.59 Å². The summed E-state index contributed by atoms with van der Waals surface area (Å²) in [6.45, 7) is 6.55. The van der Waals surface area contributed by atoms with E-state index in [0.29, 0.717) is 29.8 Å². The second-order valence-corrected chi connectivity index (χ2v) is 4.62. The van der Waals surface area contributed by atoms with Crippen molar-refractivity contribution in [3.05, 3.63) is 26.5 Å². The molecule has 0 aliphatic carbocycles. The molecule has 19 heavy (non-hydrogen) atoms. The van der Waals surface area contributed by atoms with E-state index in [1.165, 1.54) is 9.13 Å². The van der Waals surface area contributed by atoms with Crippen molar-refractivity contribution < 1.29 is 0 Å². The van der Waals surface area contributed by atoms with Crippen molar-refractivity contribution in [3.8, 4) is 0 Å². The van der Waals surface area contributed by atoms with Gasteiger partial charge in [-0.1, -0.05) is 13.8 Å². The number of hydrogen-bond donors (Lipinski definition) is 1. The summed E-state index contributed by atoms with van der Waals surface area (Å²) in [6, 6.07) is 0. The molecule has 2 N–H and O–H groups in total. The number of nitrogen functional groups attached to an aromatic ring is 1. The van der Waals surface area contributed by atoms with Gasteiger partial charge in [-0.15, -0.1) is 0 Å². The molecule has 0 aliphatic rings. The van der Waals surface area contributed by atoms with E-state index in [2.05, 4.69) is 5.10 Å². The molecule has 0 saturated carbocycles. The molecule has 7 nitrogen and oxygen atoms in total. The summed E-state index contributed by atoms with van der Waals surface area (Å²) in [4.78, 5) is 25.9. The molecule has 0 atom stereocenters. The predicted molar refractivity (Wildman–Crippen MR) is 73.7 cm³/mol. The third kappa shape index (κ3) is 1.94. The molecule has 0 spiro atoms. The highest BCUT2D eigenvalue weighted by molar-refractivity contribution is 5.77. The Kier molecular flexibility index (Phi) is 3.46. The fraction of sp³-hybridized carbons (Fsp3) is 0.583. The van der Waals surface area contributed by atoms with Gasteiger partial charge < -0.3 is 5.84 Å². The van der Waals surface area contributed by atoms with Gasteiger partial charge in [-0.3, -0.25) is 13.9 Å². The number of nitrogens with two attached hydrogens (primary N) is 1. The fourth-order valence-electron chi connectivity index (χ4n) is 2.35. The Morgan fingerprint density at radius 1 is 1.11 bits per heavy atom. The summed E-state index contributed by atoms with van der Waals surface area (Å²) in [5.74, 6) is 5.77. The van der Waals surface area contributed by atoms with E-state index in [1.807, 2.05) is 13.8 Å². The molecule has 0 radical (unpaired) electrons. The summed E-state index contributed by atoms with van der Waals surface area (Å²) in [5.41, 5.74) is 0.343. The molecule has 104 valence electrons. The maximum absolute atomic E-state index is 12.4. The fourth-order valence-corrected chi connectivity index (χ4v) is 2.35. The average molecular weight is 265 g/mol. The van der Waals surface area contributed by atoms with E-state index in [4.69, 9.17) is 5.84 Å². The van der Waals surface area contributed by atoms with Gasteiger partial charge in [0.05, 0.1) is 5.69 Å².